The van der Waals surface area contributed by atoms with Gasteiger partial charge in [0.05, 0.1) is 12.9 Å². The topological polar surface area (TPSA) is 95.3 Å². The predicted octanol–water partition coefficient (Wildman–Crippen LogP) is 6.08. The third-order valence-corrected chi connectivity index (χ3v) is 7.53. The Labute approximate surface area is 228 Å². The van der Waals surface area contributed by atoms with Crippen molar-refractivity contribution in [2.24, 2.45) is 0 Å². The number of amides is 1. The monoisotopic (exact) mass is 556 g/mol. The van der Waals surface area contributed by atoms with E-state index in [-0.39, 0.29) is 18.3 Å². The molecule has 0 radical (unpaired) electrons. The van der Waals surface area contributed by atoms with Crippen LogP contribution in [0.3, 0.4) is 0 Å². The van der Waals surface area contributed by atoms with E-state index in [9.17, 15) is 9.59 Å². The van der Waals surface area contributed by atoms with Crippen LogP contribution in [-0.2, 0) is 22.7 Å². The van der Waals surface area contributed by atoms with E-state index >= 15 is 0 Å². The fourth-order valence-corrected chi connectivity index (χ4v) is 5.44. The highest BCUT2D eigenvalue weighted by Crippen LogP contribution is 2.36. The van der Waals surface area contributed by atoms with Crippen molar-refractivity contribution in [1.29, 1.82) is 0 Å². The minimum Gasteiger partial charge on any atom is -0.486 e. The zero-order chi connectivity index (χ0) is 26.4. The molecule has 2 aromatic heterocycles. The number of thiophene rings is 1. The SMILES string of the molecule is CCn1c(COc2ccc(C)cc2)nnc1SCC(=O)Nc1scc(-c2ccc(Cl)cc2)c1C(=O)OC. The summed E-state index contributed by atoms with van der Waals surface area (Å²) in [6.45, 7) is 4.90. The van der Waals surface area contributed by atoms with Gasteiger partial charge in [-0.2, -0.15) is 0 Å². The number of esters is 1. The van der Waals surface area contributed by atoms with Crippen molar-refractivity contribution in [2.45, 2.75) is 32.2 Å². The molecule has 0 spiro atoms. The molecule has 192 valence electrons. The lowest BCUT2D eigenvalue weighted by Gasteiger charge is -2.10. The summed E-state index contributed by atoms with van der Waals surface area (Å²) in [5.41, 5.74) is 2.93. The lowest BCUT2D eigenvalue weighted by Crippen LogP contribution is -2.16. The number of methoxy groups -OCH3 is 1. The van der Waals surface area contributed by atoms with Crippen molar-refractivity contribution in [3.63, 3.8) is 0 Å². The van der Waals surface area contributed by atoms with Gasteiger partial charge in [0.1, 0.15) is 22.9 Å². The molecule has 0 aliphatic carbocycles. The lowest BCUT2D eigenvalue weighted by atomic mass is 10.0. The molecular weight excluding hydrogens is 532 g/mol. The molecule has 0 bridgehead atoms. The number of benzene rings is 2. The summed E-state index contributed by atoms with van der Waals surface area (Å²) in [5.74, 6) is 0.706. The van der Waals surface area contributed by atoms with Gasteiger partial charge in [-0.3, -0.25) is 4.79 Å². The van der Waals surface area contributed by atoms with Gasteiger partial charge in [0, 0.05) is 22.5 Å². The minimum absolute atomic E-state index is 0.0890. The summed E-state index contributed by atoms with van der Waals surface area (Å²) in [6.07, 6.45) is 0. The average Bonchev–Trinajstić information content (AvgIpc) is 3.50. The molecule has 2 heterocycles. The van der Waals surface area contributed by atoms with Crippen LogP contribution in [0.2, 0.25) is 5.02 Å². The Morgan fingerprint density at radius 2 is 1.84 bits per heavy atom. The van der Waals surface area contributed by atoms with Crippen molar-refractivity contribution >= 4 is 51.6 Å². The zero-order valence-electron chi connectivity index (χ0n) is 20.5. The number of carbonyl (C=O) groups is 2. The van der Waals surface area contributed by atoms with Gasteiger partial charge in [0.15, 0.2) is 11.0 Å². The maximum absolute atomic E-state index is 12.8. The van der Waals surface area contributed by atoms with Crippen LogP contribution in [0.4, 0.5) is 5.00 Å². The number of aromatic nitrogens is 3. The van der Waals surface area contributed by atoms with Gasteiger partial charge in [0.2, 0.25) is 5.91 Å². The molecule has 4 aromatic rings. The second kappa shape index (κ2) is 12.3. The molecule has 2 aromatic carbocycles. The Hall–Kier alpha value is -3.34. The smallest absolute Gasteiger partial charge is 0.341 e. The largest absolute Gasteiger partial charge is 0.486 e. The number of hydrogen-bond acceptors (Lipinski definition) is 8. The summed E-state index contributed by atoms with van der Waals surface area (Å²) >= 11 is 8.52. The molecule has 0 aliphatic rings. The van der Waals surface area contributed by atoms with Gasteiger partial charge in [-0.25, -0.2) is 4.79 Å². The number of nitrogens with one attached hydrogen (secondary N) is 1. The molecule has 0 fully saturated rings. The second-order valence-electron chi connectivity index (χ2n) is 7.93. The molecule has 4 rings (SSSR count). The van der Waals surface area contributed by atoms with Gasteiger partial charge < -0.3 is 19.4 Å². The summed E-state index contributed by atoms with van der Waals surface area (Å²) in [5, 5.41) is 14.8. The molecule has 11 heteroatoms. The minimum atomic E-state index is -0.530. The number of rotatable bonds is 10. The van der Waals surface area contributed by atoms with Crippen LogP contribution >= 0.6 is 34.7 Å². The Morgan fingerprint density at radius 1 is 1.11 bits per heavy atom. The number of carbonyl (C=O) groups excluding carboxylic acids is 2. The van der Waals surface area contributed by atoms with Crippen LogP contribution in [0, 0.1) is 6.92 Å². The summed E-state index contributed by atoms with van der Waals surface area (Å²) < 4.78 is 12.7. The molecule has 8 nitrogen and oxygen atoms in total. The molecule has 1 N–H and O–H groups in total. The summed E-state index contributed by atoms with van der Waals surface area (Å²) in [4.78, 5) is 25.4. The average molecular weight is 557 g/mol. The van der Waals surface area contributed by atoms with Gasteiger partial charge >= 0.3 is 5.97 Å². The first-order chi connectivity index (χ1) is 17.9. The number of hydrogen-bond donors (Lipinski definition) is 1. The Bertz CT molecular complexity index is 1380. The van der Waals surface area contributed by atoms with E-state index in [1.54, 1.807) is 12.1 Å². The van der Waals surface area contributed by atoms with E-state index < -0.39 is 5.97 Å². The van der Waals surface area contributed by atoms with E-state index in [1.165, 1.54) is 30.2 Å². The molecule has 0 saturated carbocycles. The number of thioether (sulfide) groups is 1. The Balaban J connectivity index is 1.42. The third-order valence-electron chi connectivity index (χ3n) is 5.42. The van der Waals surface area contributed by atoms with Gasteiger partial charge in [-0.1, -0.05) is 53.2 Å². The van der Waals surface area contributed by atoms with E-state index in [1.807, 2.05) is 60.2 Å². The first-order valence-electron chi connectivity index (χ1n) is 11.4. The van der Waals surface area contributed by atoms with Crippen molar-refractivity contribution < 1.29 is 19.1 Å². The van der Waals surface area contributed by atoms with Crippen LogP contribution in [0.5, 0.6) is 5.75 Å². The number of halogens is 1. The van der Waals surface area contributed by atoms with E-state index in [4.69, 9.17) is 21.1 Å². The first-order valence-corrected chi connectivity index (χ1v) is 13.6. The maximum Gasteiger partial charge on any atom is 0.341 e. The number of ether oxygens (including phenoxy) is 2. The fraction of sp³-hybridized carbons (Fsp3) is 0.231. The Morgan fingerprint density at radius 3 is 2.51 bits per heavy atom. The highest BCUT2D eigenvalue weighted by Gasteiger charge is 2.23. The van der Waals surface area contributed by atoms with Gasteiger partial charge in [0.25, 0.3) is 0 Å². The molecule has 0 atom stereocenters. The normalized spacial score (nSPS) is 10.8. The van der Waals surface area contributed by atoms with Crippen LogP contribution in [0.25, 0.3) is 11.1 Å². The van der Waals surface area contributed by atoms with Crippen molar-refractivity contribution in [2.75, 3.05) is 18.2 Å². The van der Waals surface area contributed by atoms with Crippen LogP contribution < -0.4 is 10.1 Å². The van der Waals surface area contributed by atoms with Crippen molar-refractivity contribution in [3.8, 4) is 16.9 Å². The van der Waals surface area contributed by atoms with Crippen LogP contribution in [0.15, 0.2) is 59.1 Å². The molecule has 37 heavy (non-hydrogen) atoms. The molecule has 0 unspecified atom stereocenters. The highest BCUT2D eigenvalue weighted by atomic mass is 35.5. The van der Waals surface area contributed by atoms with Crippen molar-refractivity contribution in [3.05, 3.63) is 75.9 Å². The molecule has 0 aliphatic heterocycles. The van der Waals surface area contributed by atoms with Crippen LogP contribution in [-0.4, -0.2) is 39.5 Å². The van der Waals surface area contributed by atoms with E-state index in [2.05, 4.69) is 15.5 Å². The van der Waals surface area contributed by atoms with Crippen LogP contribution in [0.1, 0.15) is 28.7 Å². The highest BCUT2D eigenvalue weighted by molar-refractivity contribution is 7.99. The molecular formula is C26H25ClN4O4S2. The second-order valence-corrected chi connectivity index (χ2v) is 10.2. The number of aryl methyl sites for hydroxylation is 1. The predicted molar refractivity (Wildman–Crippen MR) is 147 cm³/mol. The lowest BCUT2D eigenvalue weighted by molar-refractivity contribution is -0.113. The first kappa shape index (κ1) is 26.7. The van der Waals surface area contributed by atoms with E-state index in [0.717, 1.165) is 16.9 Å². The standard InChI is InChI=1S/C26H25ClN4O4S2/c1-4-31-21(13-35-19-11-5-16(2)6-12-19)29-30-26(31)37-15-22(32)28-24-23(25(33)34-3)20(14-36-24)17-7-9-18(27)10-8-17/h5-12,14H,4,13,15H2,1-3H3,(H,28,32). The molecule has 0 saturated heterocycles. The van der Waals surface area contributed by atoms with E-state index in [0.29, 0.717) is 38.7 Å². The summed E-state index contributed by atoms with van der Waals surface area (Å²) in [7, 11) is 1.31. The zero-order valence-corrected chi connectivity index (χ0v) is 22.9. The Kier molecular flexibility index (Phi) is 8.86. The van der Waals surface area contributed by atoms with Gasteiger partial charge in [-0.05, 0) is 43.7 Å². The van der Waals surface area contributed by atoms with Gasteiger partial charge in [-0.15, -0.1) is 21.5 Å². The quantitative estimate of drug-likeness (QED) is 0.187. The fourth-order valence-electron chi connectivity index (χ4n) is 3.52. The summed E-state index contributed by atoms with van der Waals surface area (Å²) in [6, 6.07) is 14.9. The third kappa shape index (κ3) is 6.51. The maximum atomic E-state index is 12.8. The number of anilines is 1. The molecule has 1 amide bonds. The van der Waals surface area contributed by atoms with Crippen molar-refractivity contribution in [1.82, 2.24) is 14.8 Å². The number of nitrogens with zero attached hydrogens (tertiary/aromatic N) is 3.